The summed E-state index contributed by atoms with van der Waals surface area (Å²) in [4.78, 5) is 15.8. The fourth-order valence-electron chi connectivity index (χ4n) is 3.02. The zero-order chi connectivity index (χ0) is 16.4. The van der Waals surface area contributed by atoms with Crippen LogP contribution in [0.2, 0.25) is 0 Å². The highest BCUT2D eigenvalue weighted by Gasteiger charge is 2.26. The Morgan fingerprint density at radius 2 is 2.33 bits per heavy atom. The predicted molar refractivity (Wildman–Crippen MR) is 91.9 cm³/mol. The average Bonchev–Trinajstić information content (AvgIpc) is 3.30. The van der Waals surface area contributed by atoms with Gasteiger partial charge in [-0.15, -0.1) is 26.6 Å². The lowest BCUT2D eigenvalue weighted by molar-refractivity contribution is -0.125. The molecule has 8 heteroatoms. The van der Waals surface area contributed by atoms with E-state index in [0.717, 1.165) is 30.9 Å². The summed E-state index contributed by atoms with van der Waals surface area (Å²) in [5.74, 6) is 0.980. The number of piperidine rings is 1. The molecular weight excluding hydrogens is 324 g/mol. The van der Waals surface area contributed by atoms with Crippen LogP contribution < -0.4 is 10.2 Å². The van der Waals surface area contributed by atoms with Gasteiger partial charge in [0.05, 0.1) is 12.5 Å². The number of anilines is 1. The minimum absolute atomic E-state index is 0.00267. The number of nitrogens with zero attached hydrogens (tertiary/aromatic N) is 5. The third kappa shape index (κ3) is 3.09. The summed E-state index contributed by atoms with van der Waals surface area (Å²) < 4.78 is 1.66. The lowest BCUT2D eigenvalue weighted by atomic mass is 9.97. The Kier molecular flexibility index (Phi) is 4.12. The molecule has 1 aliphatic rings. The van der Waals surface area contributed by atoms with Crippen LogP contribution in [-0.4, -0.2) is 38.8 Å². The Bertz CT molecular complexity index is 830. The van der Waals surface area contributed by atoms with Crippen molar-refractivity contribution in [2.75, 3.05) is 18.0 Å². The number of fused-ring (bicyclic) bond motifs is 1. The Labute approximate surface area is 143 Å². The molecule has 3 aromatic heterocycles. The highest BCUT2D eigenvalue weighted by molar-refractivity contribution is 7.09. The van der Waals surface area contributed by atoms with Gasteiger partial charge in [0, 0.05) is 18.0 Å². The smallest absolute Gasteiger partial charge is 0.225 e. The fraction of sp³-hybridized carbons (Fsp3) is 0.375. The molecule has 1 N–H and O–H groups in total. The first-order valence-electron chi connectivity index (χ1n) is 8.02. The Hall–Kier alpha value is -2.48. The summed E-state index contributed by atoms with van der Waals surface area (Å²) in [6.07, 6.45) is 3.49. The standard InChI is InChI=1S/C16H18N6OS/c23-16(17-9-13-4-2-8-24-13)12-3-1-7-21(10-12)15-6-5-14-19-18-11-22(14)20-15/h2,4-6,8,11-12H,1,3,7,9-10H2,(H,17,23). The summed E-state index contributed by atoms with van der Waals surface area (Å²) in [5, 5.41) is 17.4. The quantitative estimate of drug-likeness (QED) is 0.781. The van der Waals surface area contributed by atoms with Gasteiger partial charge >= 0.3 is 0 Å². The van der Waals surface area contributed by atoms with Crippen LogP contribution in [0, 0.1) is 5.92 Å². The van der Waals surface area contributed by atoms with Gasteiger partial charge in [-0.3, -0.25) is 4.79 Å². The van der Waals surface area contributed by atoms with E-state index in [1.807, 2.05) is 29.6 Å². The first-order chi connectivity index (χ1) is 11.8. The molecule has 7 nitrogen and oxygen atoms in total. The summed E-state index contributed by atoms with van der Waals surface area (Å²) in [5.41, 5.74) is 0.723. The Morgan fingerprint density at radius 3 is 3.21 bits per heavy atom. The maximum atomic E-state index is 12.5. The van der Waals surface area contributed by atoms with Crippen LogP contribution in [0.4, 0.5) is 5.82 Å². The van der Waals surface area contributed by atoms with Crippen molar-refractivity contribution in [1.82, 2.24) is 25.1 Å². The molecule has 4 rings (SSSR count). The average molecular weight is 342 g/mol. The van der Waals surface area contributed by atoms with Gasteiger partial charge in [0.15, 0.2) is 5.65 Å². The molecule has 124 valence electrons. The molecule has 0 saturated carbocycles. The number of rotatable bonds is 4. The van der Waals surface area contributed by atoms with E-state index in [4.69, 9.17) is 0 Å². The number of nitrogens with one attached hydrogen (secondary N) is 1. The first kappa shape index (κ1) is 15.1. The summed E-state index contributed by atoms with van der Waals surface area (Å²) in [7, 11) is 0. The van der Waals surface area contributed by atoms with Crippen molar-refractivity contribution in [3.63, 3.8) is 0 Å². The Morgan fingerprint density at radius 1 is 1.38 bits per heavy atom. The van der Waals surface area contributed by atoms with E-state index in [9.17, 15) is 4.79 Å². The topological polar surface area (TPSA) is 75.4 Å². The largest absolute Gasteiger partial charge is 0.354 e. The number of carbonyl (C=O) groups is 1. The van der Waals surface area contributed by atoms with Gasteiger partial charge in [0.2, 0.25) is 5.91 Å². The van der Waals surface area contributed by atoms with Gasteiger partial charge in [-0.2, -0.15) is 4.52 Å². The van der Waals surface area contributed by atoms with Gasteiger partial charge in [0.1, 0.15) is 12.1 Å². The van der Waals surface area contributed by atoms with Gasteiger partial charge in [-0.1, -0.05) is 6.07 Å². The number of carbonyl (C=O) groups excluding carboxylic acids is 1. The van der Waals surface area contributed by atoms with E-state index < -0.39 is 0 Å². The van der Waals surface area contributed by atoms with Crippen LogP contribution in [0.5, 0.6) is 0 Å². The van der Waals surface area contributed by atoms with Crippen molar-refractivity contribution in [1.29, 1.82) is 0 Å². The normalized spacial score (nSPS) is 18.0. The maximum absolute atomic E-state index is 12.5. The highest BCUT2D eigenvalue weighted by atomic mass is 32.1. The minimum Gasteiger partial charge on any atom is -0.354 e. The molecule has 3 aromatic rings. The highest BCUT2D eigenvalue weighted by Crippen LogP contribution is 2.22. The lowest BCUT2D eigenvalue weighted by Gasteiger charge is -2.32. The Balaban J connectivity index is 1.41. The molecule has 1 amide bonds. The van der Waals surface area contributed by atoms with E-state index in [0.29, 0.717) is 13.1 Å². The van der Waals surface area contributed by atoms with E-state index in [2.05, 4.69) is 25.5 Å². The zero-order valence-corrected chi connectivity index (χ0v) is 13.9. The predicted octanol–water partition coefficient (Wildman–Crippen LogP) is 1.72. The minimum atomic E-state index is -0.00267. The molecule has 4 heterocycles. The van der Waals surface area contributed by atoms with Crippen molar-refractivity contribution in [2.24, 2.45) is 5.92 Å². The second kappa shape index (κ2) is 6.56. The van der Waals surface area contributed by atoms with E-state index in [-0.39, 0.29) is 11.8 Å². The summed E-state index contributed by atoms with van der Waals surface area (Å²) in [6, 6.07) is 7.88. The SMILES string of the molecule is O=C(NCc1cccs1)C1CCCN(c2ccc3nncn3n2)C1. The van der Waals surface area contributed by atoms with E-state index >= 15 is 0 Å². The molecule has 0 aromatic carbocycles. The van der Waals surface area contributed by atoms with E-state index in [1.165, 1.54) is 4.88 Å². The molecule has 1 unspecified atom stereocenters. The molecule has 0 aliphatic carbocycles. The van der Waals surface area contributed by atoms with Crippen LogP contribution in [0.15, 0.2) is 36.0 Å². The van der Waals surface area contributed by atoms with Crippen LogP contribution in [-0.2, 0) is 11.3 Å². The van der Waals surface area contributed by atoms with Crippen LogP contribution >= 0.6 is 11.3 Å². The number of hydrogen-bond acceptors (Lipinski definition) is 6. The first-order valence-corrected chi connectivity index (χ1v) is 8.90. The zero-order valence-electron chi connectivity index (χ0n) is 13.1. The fourth-order valence-corrected chi connectivity index (χ4v) is 3.66. The lowest BCUT2D eigenvalue weighted by Crippen LogP contribution is -2.43. The van der Waals surface area contributed by atoms with Crippen molar-refractivity contribution < 1.29 is 4.79 Å². The van der Waals surface area contributed by atoms with Crippen LogP contribution in [0.25, 0.3) is 5.65 Å². The molecule has 1 fully saturated rings. The van der Waals surface area contributed by atoms with Crippen molar-refractivity contribution in [3.05, 3.63) is 40.8 Å². The molecular formula is C16H18N6OS. The molecule has 1 saturated heterocycles. The molecule has 24 heavy (non-hydrogen) atoms. The molecule has 1 atom stereocenters. The molecule has 0 bridgehead atoms. The molecule has 1 aliphatic heterocycles. The second-order valence-corrected chi connectivity index (χ2v) is 6.94. The van der Waals surface area contributed by atoms with Gasteiger partial charge in [0.25, 0.3) is 0 Å². The summed E-state index contributed by atoms with van der Waals surface area (Å²) in [6.45, 7) is 2.21. The monoisotopic (exact) mass is 342 g/mol. The number of amides is 1. The number of hydrogen-bond donors (Lipinski definition) is 1. The van der Waals surface area contributed by atoms with Gasteiger partial charge in [-0.05, 0) is 36.4 Å². The van der Waals surface area contributed by atoms with Crippen molar-refractivity contribution in [3.8, 4) is 0 Å². The van der Waals surface area contributed by atoms with Crippen molar-refractivity contribution in [2.45, 2.75) is 19.4 Å². The molecule has 0 spiro atoms. The van der Waals surface area contributed by atoms with Gasteiger partial charge < -0.3 is 10.2 Å². The maximum Gasteiger partial charge on any atom is 0.225 e. The third-order valence-electron chi connectivity index (χ3n) is 4.28. The van der Waals surface area contributed by atoms with Crippen molar-refractivity contribution >= 4 is 28.7 Å². The van der Waals surface area contributed by atoms with Gasteiger partial charge in [-0.25, -0.2) is 0 Å². The third-order valence-corrected chi connectivity index (χ3v) is 5.16. The number of thiophene rings is 1. The molecule has 0 radical (unpaired) electrons. The number of aromatic nitrogens is 4. The van der Waals surface area contributed by atoms with E-state index in [1.54, 1.807) is 22.2 Å². The second-order valence-electron chi connectivity index (χ2n) is 5.91. The van der Waals surface area contributed by atoms with Crippen LogP contribution in [0.1, 0.15) is 17.7 Å². The van der Waals surface area contributed by atoms with Crippen LogP contribution in [0.3, 0.4) is 0 Å². The summed E-state index contributed by atoms with van der Waals surface area (Å²) >= 11 is 1.66.